The van der Waals surface area contributed by atoms with E-state index in [4.69, 9.17) is 9.63 Å². The molecule has 0 amide bonds. The van der Waals surface area contributed by atoms with Crippen molar-refractivity contribution in [2.45, 2.75) is 19.4 Å². The summed E-state index contributed by atoms with van der Waals surface area (Å²) in [5.74, 6) is -0.916. The second-order valence-corrected chi connectivity index (χ2v) is 5.31. The average Bonchev–Trinajstić information content (AvgIpc) is 2.16. The Hall–Kier alpha value is -0.280. The van der Waals surface area contributed by atoms with Crippen molar-refractivity contribution < 1.29 is 14.2 Å². The Morgan fingerprint density at radius 3 is 2.57 bits per heavy atom. The third-order valence-corrected chi connectivity index (χ3v) is 3.10. The normalized spacial score (nSPS) is 13.8. The number of rotatable bonds is 4. The third kappa shape index (κ3) is 3.84. The van der Waals surface area contributed by atoms with Gasteiger partial charge in [0.05, 0.1) is 0 Å². The lowest BCUT2D eigenvalue weighted by molar-refractivity contribution is 0.228. The smallest absolute Gasteiger partial charge is 0.349 e. The second-order valence-electron chi connectivity index (χ2n) is 2.82. The molecule has 0 aliphatic heterocycles. The van der Waals surface area contributed by atoms with Gasteiger partial charge in [0.1, 0.15) is 6.61 Å². The molecule has 1 N–H and O–H groups in total. The fraction of sp³-hybridized carbons (Fsp3) is 0.333. The quantitative estimate of drug-likeness (QED) is 0.861. The van der Waals surface area contributed by atoms with Crippen LogP contribution in [0.4, 0.5) is 0 Å². The summed E-state index contributed by atoms with van der Waals surface area (Å²) in [5.41, 5.74) is 0.928. The van der Waals surface area contributed by atoms with Crippen LogP contribution in [0, 0.1) is 0 Å². The first kappa shape index (κ1) is 11.8. The van der Waals surface area contributed by atoms with Gasteiger partial charge in [-0.25, -0.2) is 0 Å². The monoisotopic (exact) mass is 277 g/mol. The molecular formula is C9H11BrO3P+. The molecule has 1 aromatic rings. The molecule has 1 aromatic carbocycles. The molecule has 0 radical (unpaired) electrons. The Balaban J connectivity index is 2.46. The van der Waals surface area contributed by atoms with Gasteiger partial charge in [0.2, 0.25) is 0 Å². The summed E-state index contributed by atoms with van der Waals surface area (Å²) < 4.78 is 17.0. The lowest BCUT2D eigenvalue weighted by Gasteiger charge is -1.96. The molecule has 0 aliphatic rings. The number of aliphatic hydroxyl groups is 1. The summed E-state index contributed by atoms with van der Waals surface area (Å²) in [6.45, 7) is 1.70. The summed E-state index contributed by atoms with van der Waals surface area (Å²) in [4.78, 5) is 0. The van der Waals surface area contributed by atoms with E-state index in [1.807, 2.05) is 24.3 Å². The van der Waals surface area contributed by atoms with Crippen molar-refractivity contribution in [3.05, 3.63) is 34.3 Å². The van der Waals surface area contributed by atoms with Crippen molar-refractivity contribution in [2.24, 2.45) is 0 Å². The molecule has 1 rings (SSSR count). The van der Waals surface area contributed by atoms with Crippen molar-refractivity contribution in [2.75, 3.05) is 0 Å². The zero-order valence-electron chi connectivity index (χ0n) is 7.68. The van der Waals surface area contributed by atoms with Gasteiger partial charge >= 0.3 is 8.03 Å². The molecule has 2 atom stereocenters. The predicted molar refractivity (Wildman–Crippen MR) is 58.2 cm³/mol. The van der Waals surface area contributed by atoms with Crippen molar-refractivity contribution in [1.82, 2.24) is 0 Å². The van der Waals surface area contributed by atoms with E-state index in [-0.39, 0.29) is 6.61 Å². The minimum absolute atomic E-state index is 0.257. The Bertz CT molecular complexity index is 310. The van der Waals surface area contributed by atoms with Gasteiger partial charge in [-0.3, -0.25) is 0 Å². The maximum atomic E-state index is 11.0. The van der Waals surface area contributed by atoms with Crippen LogP contribution in [0.15, 0.2) is 28.7 Å². The molecular weight excluding hydrogens is 267 g/mol. The van der Waals surface area contributed by atoms with Crippen LogP contribution < -0.4 is 0 Å². The van der Waals surface area contributed by atoms with Gasteiger partial charge in [-0.05, 0) is 22.3 Å². The molecule has 0 saturated heterocycles. The molecule has 0 saturated carbocycles. The molecule has 0 fully saturated rings. The van der Waals surface area contributed by atoms with Crippen LogP contribution in [0.2, 0.25) is 0 Å². The second kappa shape index (κ2) is 5.56. The first-order chi connectivity index (χ1) is 6.59. The number of aliphatic hydroxyl groups excluding tert-OH is 1. The molecule has 0 bridgehead atoms. The van der Waals surface area contributed by atoms with Gasteiger partial charge < -0.3 is 5.11 Å². The summed E-state index contributed by atoms with van der Waals surface area (Å²) in [6.07, 6.45) is 0. The molecule has 0 spiro atoms. The van der Waals surface area contributed by atoms with Crippen LogP contribution in [-0.4, -0.2) is 11.0 Å². The van der Waals surface area contributed by atoms with Crippen LogP contribution in [0.3, 0.4) is 0 Å². The minimum atomic E-state index is -1.98. The number of hydrogen-bond acceptors (Lipinski definition) is 3. The SMILES string of the molecule is CC(O)[P+](=O)OCc1ccc(Br)cc1. The molecule has 14 heavy (non-hydrogen) atoms. The van der Waals surface area contributed by atoms with Crippen LogP contribution >= 0.6 is 24.0 Å². The fourth-order valence-corrected chi connectivity index (χ4v) is 1.58. The van der Waals surface area contributed by atoms with E-state index in [0.717, 1.165) is 10.0 Å². The molecule has 0 aliphatic carbocycles. The predicted octanol–water partition coefficient (Wildman–Crippen LogP) is 3.05. The Labute approximate surface area is 92.1 Å². The molecule has 5 heteroatoms. The van der Waals surface area contributed by atoms with Gasteiger partial charge in [0.25, 0.3) is 5.85 Å². The van der Waals surface area contributed by atoms with E-state index in [2.05, 4.69) is 15.9 Å². The lowest BCUT2D eigenvalue weighted by Crippen LogP contribution is -1.95. The average molecular weight is 278 g/mol. The van der Waals surface area contributed by atoms with Crippen molar-refractivity contribution in [3.63, 3.8) is 0 Å². The zero-order valence-corrected chi connectivity index (χ0v) is 10.2. The maximum absolute atomic E-state index is 11.0. The number of halogens is 1. The van der Waals surface area contributed by atoms with E-state index in [1.165, 1.54) is 6.92 Å². The minimum Gasteiger partial charge on any atom is -0.349 e. The van der Waals surface area contributed by atoms with Gasteiger partial charge in [-0.15, -0.1) is 4.52 Å². The maximum Gasteiger partial charge on any atom is 0.540 e. The summed E-state index contributed by atoms with van der Waals surface area (Å²) >= 11 is 3.31. The summed E-state index contributed by atoms with van der Waals surface area (Å²) in [6, 6.07) is 7.51. The van der Waals surface area contributed by atoms with Gasteiger partial charge in [-0.2, -0.15) is 0 Å². The zero-order chi connectivity index (χ0) is 10.6. The fourth-order valence-electron chi connectivity index (χ4n) is 0.827. The van der Waals surface area contributed by atoms with Gasteiger partial charge in [0, 0.05) is 11.4 Å². The molecule has 3 nitrogen and oxygen atoms in total. The standard InChI is InChI=1S/C9H11BrO3P/c1-7(11)14(12)13-6-8-2-4-9(10)5-3-8/h2-5,7,11H,6H2,1H3/q+1. The van der Waals surface area contributed by atoms with Crippen LogP contribution in [0.1, 0.15) is 12.5 Å². The molecule has 76 valence electrons. The Kier molecular flexibility index (Phi) is 4.69. The molecule has 0 aromatic heterocycles. The van der Waals surface area contributed by atoms with Crippen LogP contribution in [-0.2, 0) is 15.7 Å². The lowest BCUT2D eigenvalue weighted by atomic mass is 10.2. The first-order valence-electron chi connectivity index (χ1n) is 4.11. The van der Waals surface area contributed by atoms with E-state index >= 15 is 0 Å². The van der Waals surface area contributed by atoms with E-state index in [1.54, 1.807) is 0 Å². The van der Waals surface area contributed by atoms with Crippen molar-refractivity contribution in [3.8, 4) is 0 Å². The Morgan fingerprint density at radius 2 is 2.07 bits per heavy atom. The highest BCUT2D eigenvalue weighted by atomic mass is 79.9. The van der Waals surface area contributed by atoms with Crippen molar-refractivity contribution in [1.29, 1.82) is 0 Å². The Morgan fingerprint density at radius 1 is 1.50 bits per heavy atom. The highest BCUT2D eigenvalue weighted by Gasteiger charge is 2.24. The highest BCUT2D eigenvalue weighted by molar-refractivity contribution is 9.10. The van der Waals surface area contributed by atoms with Gasteiger partial charge in [0.15, 0.2) is 0 Å². The number of benzene rings is 1. The first-order valence-corrected chi connectivity index (χ1v) is 6.15. The summed E-state index contributed by atoms with van der Waals surface area (Å²) in [5, 5.41) is 8.93. The number of hydrogen-bond donors (Lipinski definition) is 1. The van der Waals surface area contributed by atoms with Crippen molar-refractivity contribution >= 4 is 24.0 Å². The van der Waals surface area contributed by atoms with E-state index < -0.39 is 13.9 Å². The highest BCUT2D eigenvalue weighted by Crippen LogP contribution is 2.28. The third-order valence-electron chi connectivity index (χ3n) is 1.58. The topological polar surface area (TPSA) is 46.5 Å². The molecule has 0 heterocycles. The van der Waals surface area contributed by atoms with E-state index in [9.17, 15) is 4.57 Å². The summed E-state index contributed by atoms with van der Waals surface area (Å²) in [7, 11) is -1.98. The molecule has 2 unspecified atom stereocenters. The van der Waals surface area contributed by atoms with E-state index in [0.29, 0.717) is 0 Å². The largest absolute Gasteiger partial charge is 0.540 e. The van der Waals surface area contributed by atoms with Crippen LogP contribution in [0.5, 0.6) is 0 Å². The van der Waals surface area contributed by atoms with Crippen LogP contribution in [0.25, 0.3) is 0 Å². The van der Waals surface area contributed by atoms with Gasteiger partial charge in [-0.1, -0.05) is 28.1 Å².